The Bertz CT molecular complexity index is 1040. The van der Waals surface area contributed by atoms with Gasteiger partial charge in [0.2, 0.25) is 5.91 Å². The van der Waals surface area contributed by atoms with Crippen LogP contribution in [0.4, 0.5) is 11.4 Å². The third-order valence-corrected chi connectivity index (χ3v) is 4.16. The highest BCUT2D eigenvalue weighted by molar-refractivity contribution is 7.80. The number of anilines is 2. The van der Waals surface area contributed by atoms with E-state index in [0.29, 0.717) is 11.4 Å². The molecule has 0 bridgehead atoms. The van der Waals surface area contributed by atoms with Crippen molar-refractivity contribution in [3.63, 3.8) is 0 Å². The minimum Gasteiger partial charge on any atom is -0.459 e. The number of rotatable bonds is 5. The van der Waals surface area contributed by atoms with Gasteiger partial charge in [0, 0.05) is 17.5 Å². The molecule has 2 amide bonds. The van der Waals surface area contributed by atoms with Crippen LogP contribution in [0.25, 0.3) is 6.08 Å². The van der Waals surface area contributed by atoms with Gasteiger partial charge in [0.1, 0.15) is 0 Å². The van der Waals surface area contributed by atoms with Gasteiger partial charge in [0.15, 0.2) is 10.9 Å². The molecule has 0 unspecified atom stereocenters. The molecule has 0 spiro atoms. The summed E-state index contributed by atoms with van der Waals surface area (Å²) in [6.07, 6.45) is 4.55. The SMILES string of the molecule is Cc1ccc(NC(=O)c2ccco2)cc1NC(=S)NC(=O)/C=C/c1ccccc1. The number of furan rings is 1. The molecule has 3 rings (SSSR count). The van der Waals surface area contributed by atoms with Gasteiger partial charge in [-0.05, 0) is 60.6 Å². The van der Waals surface area contributed by atoms with Crippen molar-refractivity contribution in [3.05, 3.63) is 89.9 Å². The van der Waals surface area contributed by atoms with E-state index in [-0.39, 0.29) is 22.7 Å². The van der Waals surface area contributed by atoms with Gasteiger partial charge in [-0.3, -0.25) is 14.9 Å². The Morgan fingerprint density at radius 1 is 1.00 bits per heavy atom. The number of carbonyl (C=O) groups excluding carboxylic acids is 2. The summed E-state index contributed by atoms with van der Waals surface area (Å²) >= 11 is 5.22. The Morgan fingerprint density at radius 3 is 2.52 bits per heavy atom. The summed E-state index contributed by atoms with van der Waals surface area (Å²) in [6, 6.07) is 18.0. The Labute approximate surface area is 173 Å². The number of aryl methyl sites for hydroxylation is 1. The molecular formula is C22H19N3O3S. The summed E-state index contributed by atoms with van der Waals surface area (Å²) in [5, 5.41) is 8.49. The first-order valence-corrected chi connectivity index (χ1v) is 9.23. The predicted molar refractivity (Wildman–Crippen MR) is 118 cm³/mol. The second kappa shape index (κ2) is 9.48. The first-order valence-electron chi connectivity index (χ1n) is 8.82. The molecule has 29 heavy (non-hydrogen) atoms. The van der Waals surface area contributed by atoms with Crippen LogP contribution in [0.1, 0.15) is 21.7 Å². The molecule has 1 heterocycles. The molecule has 0 aliphatic carbocycles. The van der Waals surface area contributed by atoms with Crippen LogP contribution in [0.15, 0.2) is 77.4 Å². The van der Waals surface area contributed by atoms with Crippen molar-refractivity contribution in [2.45, 2.75) is 6.92 Å². The van der Waals surface area contributed by atoms with Gasteiger partial charge in [-0.1, -0.05) is 36.4 Å². The van der Waals surface area contributed by atoms with Gasteiger partial charge >= 0.3 is 0 Å². The van der Waals surface area contributed by atoms with Crippen molar-refractivity contribution in [1.29, 1.82) is 0 Å². The summed E-state index contributed by atoms with van der Waals surface area (Å²) in [5.74, 6) is -0.480. The number of hydrogen-bond donors (Lipinski definition) is 3. The van der Waals surface area contributed by atoms with Crippen molar-refractivity contribution in [3.8, 4) is 0 Å². The second-order valence-electron chi connectivity index (χ2n) is 6.15. The summed E-state index contributed by atoms with van der Waals surface area (Å²) in [5.41, 5.74) is 3.05. The summed E-state index contributed by atoms with van der Waals surface area (Å²) < 4.78 is 5.08. The molecule has 146 valence electrons. The van der Waals surface area contributed by atoms with Crippen LogP contribution >= 0.6 is 12.2 Å². The van der Waals surface area contributed by atoms with Crippen LogP contribution in [-0.2, 0) is 4.79 Å². The first-order chi connectivity index (χ1) is 14.0. The van der Waals surface area contributed by atoms with E-state index in [4.69, 9.17) is 16.6 Å². The van der Waals surface area contributed by atoms with Gasteiger partial charge in [-0.2, -0.15) is 0 Å². The lowest BCUT2D eigenvalue weighted by Gasteiger charge is -2.13. The van der Waals surface area contributed by atoms with Crippen molar-refractivity contribution in [1.82, 2.24) is 5.32 Å². The summed E-state index contributed by atoms with van der Waals surface area (Å²) in [4.78, 5) is 24.2. The smallest absolute Gasteiger partial charge is 0.291 e. The fourth-order valence-electron chi connectivity index (χ4n) is 2.48. The topological polar surface area (TPSA) is 83.4 Å². The van der Waals surface area contributed by atoms with Crippen LogP contribution in [0, 0.1) is 6.92 Å². The van der Waals surface area contributed by atoms with Crippen LogP contribution in [0.5, 0.6) is 0 Å². The molecule has 0 fully saturated rings. The zero-order chi connectivity index (χ0) is 20.6. The molecule has 0 aliphatic heterocycles. The molecule has 0 aliphatic rings. The fraction of sp³-hybridized carbons (Fsp3) is 0.0455. The molecule has 0 atom stereocenters. The minimum atomic E-state index is -0.355. The number of amides is 2. The molecule has 0 saturated carbocycles. The van der Waals surface area contributed by atoms with E-state index in [1.54, 1.807) is 30.3 Å². The van der Waals surface area contributed by atoms with Gasteiger partial charge in [-0.25, -0.2) is 0 Å². The summed E-state index contributed by atoms with van der Waals surface area (Å²) in [6.45, 7) is 1.89. The minimum absolute atomic E-state index is 0.158. The number of thiocarbonyl (C=S) groups is 1. The number of carbonyl (C=O) groups is 2. The van der Waals surface area contributed by atoms with E-state index < -0.39 is 0 Å². The Balaban J connectivity index is 1.60. The molecule has 3 aromatic rings. The van der Waals surface area contributed by atoms with E-state index in [2.05, 4.69) is 16.0 Å². The fourth-order valence-corrected chi connectivity index (χ4v) is 2.69. The number of benzene rings is 2. The zero-order valence-electron chi connectivity index (χ0n) is 15.6. The van der Waals surface area contributed by atoms with Crippen LogP contribution in [-0.4, -0.2) is 16.9 Å². The van der Waals surface area contributed by atoms with E-state index in [9.17, 15) is 9.59 Å². The molecule has 6 nitrogen and oxygen atoms in total. The maximum Gasteiger partial charge on any atom is 0.291 e. The third-order valence-electron chi connectivity index (χ3n) is 3.95. The van der Waals surface area contributed by atoms with Crippen LogP contribution in [0.3, 0.4) is 0 Å². The molecule has 0 saturated heterocycles. The zero-order valence-corrected chi connectivity index (χ0v) is 16.5. The average molecular weight is 405 g/mol. The van der Waals surface area contributed by atoms with Crippen LogP contribution < -0.4 is 16.0 Å². The Hall–Kier alpha value is -3.71. The molecule has 1 aromatic heterocycles. The lowest BCUT2D eigenvalue weighted by molar-refractivity contribution is -0.115. The normalized spacial score (nSPS) is 10.5. The standard InChI is InChI=1S/C22H19N3O3S/c1-15-9-11-17(23-21(27)19-8-5-13-28-19)14-18(15)24-22(29)25-20(26)12-10-16-6-3-2-4-7-16/h2-14H,1H3,(H,23,27)(H2,24,25,26,29)/b12-10+. The van der Waals surface area contributed by atoms with Crippen LogP contribution in [0.2, 0.25) is 0 Å². The predicted octanol–water partition coefficient (Wildman–Crippen LogP) is 4.37. The van der Waals surface area contributed by atoms with Gasteiger partial charge in [0.05, 0.1) is 6.26 Å². The number of hydrogen-bond acceptors (Lipinski definition) is 4. The van der Waals surface area contributed by atoms with E-state index >= 15 is 0 Å². The van der Waals surface area contributed by atoms with E-state index in [0.717, 1.165) is 11.1 Å². The Morgan fingerprint density at radius 2 is 1.79 bits per heavy atom. The number of nitrogens with one attached hydrogen (secondary N) is 3. The lowest BCUT2D eigenvalue weighted by atomic mass is 10.2. The maximum absolute atomic E-state index is 12.1. The van der Waals surface area contributed by atoms with E-state index in [1.165, 1.54) is 12.3 Å². The quantitative estimate of drug-likeness (QED) is 0.434. The first kappa shape index (κ1) is 20.0. The van der Waals surface area contributed by atoms with Crippen molar-refractivity contribution >= 4 is 46.6 Å². The molecule has 0 radical (unpaired) electrons. The molecule has 2 aromatic carbocycles. The van der Waals surface area contributed by atoms with Gasteiger partial charge in [-0.15, -0.1) is 0 Å². The average Bonchev–Trinajstić information content (AvgIpc) is 3.25. The summed E-state index contributed by atoms with van der Waals surface area (Å²) in [7, 11) is 0. The molecule has 3 N–H and O–H groups in total. The maximum atomic E-state index is 12.1. The molecule has 7 heteroatoms. The van der Waals surface area contributed by atoms with E-state index in [1.807, 2.05) is 43.3 Å². The van der Waals surface area contributed by atoms with Crippen molar-refractivity contribution in [2.75, 3.05) is 10.6 Å². The third kappa shape index (κ3) is 5.88. The molecular weight excluding hydrogens is 386 g/mol. The lowest BCUT2D eigenvalue weighted by Crippen LogP contribution is -2.33. The highest BCUT2D eigenvalue weighted by atomic mass is 32.1. The Kier molecular flexibility index (Phi) is 6.55. The second-order valence-corrected chi connectivity index (χ2v) is 6.56. The van der Waals surface area contributed by atoms with Gasteiger partial charge in [0.25, 0.3) is 5.91 Å². The highest BCUT2D eigenvalue weighted by Crippen LogP contribution is 2.21. The van der Waals surface area contributed by atoms with Crippen molar-refractivity contribution < 1.29 is 14.0 Å². The largest absolute Gasteiger partial charge is 0.459 e. The van der Waals surface area contributed by atoms with Gasteiger partial charge < -0.3 is 15.1 Å². The van der Waals surface area contributed by atoms with Crippen molar-refractivity contribution in [2.24, 2.45) is 0 Å². The monoisotopic (exact) mass is 405 g/mol. The highest BCUT2D eigenvalue weighted by Gasteiger charge is 2.10.